The molecule has 1 rings (SSSR count). The molecule has 0 fully saturated rings. The van der Waals surface area contributed by atoms with E-state index in [1.807, 2.05) is 16.5 Å². The van der Waals surface area contributed by atoms with Crippen molar-refractivity contribution in [3.05, 3.63) is 11.6 Å². The second-order valence-electron chi connectivity index (χ2n) is 1.93. The fraction of sp³-hybridized carbons (Fsp3) is 0.429. The van der Waals surface area contributed by atoms with E-state index in [4.69, 9.17) is 11.5 Å². The second kappa shape index (κ2) is 3.55. The lowest BCUT2D eigenvalue weighted by atomic mass is 10.5. The summed E-state index contributed by atoms with van der Waals surface area (Å²) in [5, 5.41) is 10.9. The first kappa shape index (κ1) is 7.52. The van der Waals surface area contributed by atoms with E-state index in [2.05, 4.69) is 5.92 Å². The number of aliphatic hydroxyl groups excluding tert-OH is 1. The Balaban J connectivity index is 2.42. The molecule has 0 saturated heterocycles. The van der Waals surface area contributed by atoms with Gasteiger partial charge >= 0.3 is 0 Å². The zero-order chi connectivity index (χ0) is 7.40. The summed E-state index contributed by atoms with van der Waals surface area (Å²) in [6.45, 7) is 0.730. The Hall–Kier alpha value is -0.590. The monoisotopic (exact) mass is 155 g/mol. The Labute approximate surface area is 64.9 Å². The van der Waals surface area contributed by atoms with E-state index in [-0.39, 0.29) is 12.0 Å². The summed E-state index contributed by atoms with van der Waals surface area (Å²) >= 11 is 1.59. The normalized spacial score (nSPS) is 23.2. The Kier molecular flexibility index (Phi) is 2.67. The maximum Gasteiger partial charge on any atom is 0.103 e. The van der Waals surface area contributed by atoms with Gasteiger partial charge in [0.25, 0.3) is 0 Å². The first-order valence-electron chi connectivity index (χ1n) is 3.00. The van der Waals surface area contributed by atoms with Crippen LogP contribution in [0.4, 0.5) is 0 Å². The number of terminal acetylenes is 1. The summed E-state index contributed by atoms with van der Waals surface area (Å²) in [5.41, 5.74) is 0. The predicted molar refractivity (Wildman–Crippen MR) is 43.1 cm³/mol. The third kappa shape index (κ3) is 1.47. The van der Waals surface area contributed by atoms with E-state index >= 15 is 0 Å². The van der Waals surface area contributed by atoms with Gasteiger partial charge in [0.1, 0.15) is 5.37 Å². The van der Waals surface area contributed by atoms with Gasteiger partial charge in [-0.25, -0.2) is 0 Å². The number of nitrogens with zero attached hydrogens (tertiary/aromatic N) is 1. The van der Waals surface area contributed by atoms with Crippen LogP contribution < -0.4 is 0 Å². The van der Waals surface area contributed by atoms with Gasteiger partial charge in [-0.3, -0.25) is 0 Å². The maximum absolute atomic E-state index is 8.79. The highest BCUT2D eigenvalue weighted by Crippen LogP contribution is 2.23. The minimum Gasteiger partial charge on any atom is -0.393 e. The van der Waals surface area contributed by atoms with Gasteiger partial charge in [-0.2, -0.15) is 0 Å². The van der Waals surface area contributed by atoms with Crippen LogP contribution in [0.1, 0.15) is 0 Å². The molecule has 0 spiro atoms. The van der Waals surface area contributed by atoms with Crippen molar-refractivity contribution >= 4 is 11.8 Å². The molecule has 2 nitrogen and oxygen atoms in total. The largest absolute Gasteiger partial charge is 0.393 e. The highest BCUT2D eigenvalue weighted by molar-refractivity contribution is 8.02. The highest BCUT2D eigenvalue weighted by Gasteiger charge is 2.16. The number of hydrogen-bond acceptors (Lipinski definition) is 3. The summed E-state index contributed by atoms with van der Waals surface area (Å²) in [6, 6.07) is 0. The maximum atomic E-state index is 8.79. The lowest BCUT2D eigenvalue weighted by Crippen LogP contribution is -2.27. The average Bonchev–Trinajstić information content (AvgIpc) is 2.36. The van der Waals surface area contributed by atoms with E-state index < -0.39 is 0 Å². The van der Waals surface area contributed by atoms with Gasteiger partial charge in [0, 0.05) is 6.20 Å². The van der Waals surface area contributed by atoms with Crippen LogP contribution in [0.15, 0.2) is 11.6 Å². The zero-order valence-electron chi connectivity index (χ0n) is 5.53. The molecule has 0 bridgehead atoms. The van der Waals surface area contributed by atoms with Gasteiger partial charge < -0.3 is 10.0 Å². The average molecular weight is 155 g/mol. The van der Waals surface area contributed by atoms with Crippen LogP contribution in [0.2, 0.25) is 0 Å². The molecule has 1 unspecified atom stereocenters. The highest BCUT2D eigenvalue weighted by atomic mass is 32.2. The molecule has 0 saturated carbocycles. The Morgan fingerprint density at radius 3 is 3.20 bits per heavy atom. The van der Waals surface area contributed by atoms with Gasteiger partial charge in [-0.15, -0.1) is 18.2 Å². The van der Waals surface area contributed by atoms with Crippen molar-refractivity contribution in [2.75, 3.05) is 13.2 Å². The van der Waals surface area contributed by atoms with Gasteiger partial charge in [0.2, 0.25) is 0 Å². The fourth-order valence-electron chi connectivity index (χ4n) is 0.786. The minimum atomic E-state index is 0.135. The molecular weight excluding hydrogens is 146 g/mol. The van der Waals surface area contributed by atoms with Gasteiger partial charge in [0.15, 0.2) is 0 Å². The first-order chi connectivity index (χ1) is 4.88. The van der Waals surface area contributed by atoms with Crippen LogP contribution in [0.5, 0.6) is 0 Å². The molecule has 0 aromatic heterocycles. The van der Waals surface area contributed by atoms with E-state index in [1.165, 1.54) is 0 Å². The van der Waals surface area contributed by atoms with E-state index in [9.17, 15) is 0 Å². The van der Waals surface area contributed by atoms with Crippen molar-refractivity contribution < 1.29 is 5.11 Å². The van der Waals surface area contributed by atoms with Crippen molar-refractivity contribution in [2.24, 2.45) is 0 Å². The smallest absolute Gasteiger partial charge is 0.103 e. The predicted octanol–water partition coefficient (Wildman–Crippen LogP) is 0.458. The number of aliphatic hydroxyl groups is 1. The van der Waals surface area contributed by atoms with Crippen molar-refractivity contribution in [3.8, 4) is 12.3 Å². The molecule has 0 aromatic rings. The van der Waals surface area contributed by atoms with Crippen LogP contribution in [0, 0.1) is 12.3 Å². The van der Waals surface area contributed by atoms with Crippen molar-refractivity contribution in [3.63, 3.8) is 0 Å². The number of thioether (sulfide) groups is 1. The van der Waals surface area contributed by atoms with Gasteiger partial charge in [-0.05, 0) is 5.41 Å². The van der Waals surface area contributed by atoms with Crippen LogP contribution in [0.25, 0.3) is 0 Å². The molecule has 0 aliphatic carbocycles. The molecule has 1 atom stereocenters. The van der Waals surface area contributed by atoms with Gasteiger partial charge in [0.05, 0.1) is 13.2 Å². The lowest BCUT2D eigenvalue weighted by Gasteiger charge is -2.19. The summed E-state index contributed by atoms with van der Waals surface area (Å²) in [5.74, 6) is 2.52. The van der Waals surface area contributed by atoms with Crippen molar-refractivity contribution in [1.82, 2.24) is 4.90 Å². The molecular formula is C7H9NOS. The molecule has 0 amide bonds. The molecule has 0 radical (unpaired) electrons. The fourth-order valence-corrected chi connectivity index (χ4v) is 1.58. The SMILES string of the molecule is C#CCN1C=CSC1CO. The van der Waals surface area contributed by atoms with Crippen LogP contribution >= 0.6 is 11.8 Å². The van der Waals surface area contributed by atoms with Crippen LogP contribution in [0.3, 0.4) is 0 Å². The molecule has 0 aromatic carbocycles. The molecule has 3 heteroatoms. The van der Waals surface area contributed by atoms with Crippen molar-refractivity contribution in [2.45, 2.75) is 5.37 Å². The summed E-state index contributed by atoms with van der Waals surface area (Å²) in [4.78, 5) is 1.94. The number of rotatable bonds is 2. The Bertz CT molecular complexity index is 173. The first-order valence-corrected chi connectivity index (χ1v) is 3.95. The molecule has 1 aliphatic rings. The minimum absolute atomic E-state index is 0.135. The topological polar surface area (TPSA) is 23.5 Å². The standard InChI is InChI=1S/C7H9NOS/c1-2-3-8-4-5-10-7(8)6-9/h1,4-5,7,9H,3,6H2. The molecule has 1 heterocycles. The summed E-state index contributed by atoms with van der Waals surface area (Å²) in [6.07, 6.45) is 7.02. The Morgan fingerprint density at radius 2 is 2.60 bits per heavy atom. The van der Waals surface area contributed by atoms with E-state index in [1.54, 1.807) is 11.8 Å². The quantitative estimate of drug-likeness (QED) is 0.586. The van der Waals surface area contributed by atoms with Crippen molar-refractivity contribution in [1.29, 1.82) is 0 Å². The third-order valence-electron chi connectivity index (χ3n) is 1.29. The lowest BCUT2D eigenvalue weighted by molar-refractivity contribution is 0.231. The third-order valence-corrected chi connectivity index (χ3v) is 2.30. The molecule has 1 N–H and O–H groups in total. The molecule has 54 valence electrons. The zero-order valence-corrected chi connectivity index (χ0v) is 6.34. The summed E-state index contributed by atoms with van der Waals surface area (Å²) in [7, 11) is 0. The summed E-state index contributed by atoms with van der Waals surface area (Å²) < 4.78 is 0. The molecule has 10 heavy (non-hydrogen) atoms. The molecule has 1 aliphatic heterocycles. The van der Waals surface area contributed by atoms with Gasteiger partial charge in [-0.1, -0.05) is 5.92 Å². The van der Waals surface area contributed by atoms with E-state index in [0.717, 1.165) is 0 Å². The van der Waals surface area contributed by atoms with E-state index in [0.29, 0.717) is 6.54 Å². The Morgan fingerprint density at radius 1 is 1.80 bits per heavy atom. The number of hydrogen-bond donors (Lipinski definition) is 1. The second-order valence-corrected chi connectivity index (χ2v) is 3.02. The van der Waals surface area contributed by atoms with Crippen LogP contribution in [-0.4, -0.2) is 28.5 Å². The van der Waals surface area contributed by atoms with Crippen LogP contribution in [-0.2, 0) is 0 Å².